The number of hydrogen-bond acceptors (Lipinski definition) is 7. The SMILES string of the molecule is CC(C)(CO)COC(=O)C(C)(C)CO.OCCOCCO. The van der Waals surface area contributed by atoms with Gasteiger partial charge in [-0.05, 0) is 13.8 Å². The van der Waals surface area contributed by atoms with Crippen molar-refractivity contribution in [3.63, 3.8) is 0 Å². The topological polar surface area (TPSA) is 116 Å². The van der Waals surface area contributed by atoms with Crippen LogP contribution in [0.15, 0.2) is 0 Å². The Bertz CT molecular complexity index is 260. The highest BCUT2D eigenvalue weighted by Gasteiger charge is 2.30. The van der Waals surface area contributed by atoms with E-state index in [1.807, 2.05) is 0 Å². The van der Waals surface area contributed by atoms with Gasteiger partial charge >= 0.3 is 5.97 Å². The van der Waals surface area contributed by atoms with Crippen LogP contribution in [0, 0.1) is 10.8 Å². The Hall–Kier alpha value is -0.730. The van der Waals surface area contributed by atoms with Crippen LogP contribution in [-0.2, 0) is 14.3 Å². The first kappa shape index (κ1) is 22.5. The molecule has 0 aliphatic carbocycles. The summed E-state index contributed by atoms with van der Waals surface area (Å²) < 4.78 is 9.63. The number of carbonyl (C=O) groups excluding carboxylic acids is 1. The summed E-state index contributed by atoms with van der Waals surface area (Å²) in [5.74, 6) is -0.443. The van der Waals surface area contributed by atoms with E-state index in [0.717, 1.165) is 0 Å². The molecule has 0 amide bonds. The van der Waals surface area contributed by atoms with Gasteiger partial charge in [-0.3, -0.25) is 4.79 Å². The molecular formula is C14H30O7. The Morgan fingerprint density at radius 1 is 0.905 bits per heavy atom. The van der Waals surface area contributed by atoms with E-state index >= 15 is 0 Å². The van der Waals surface area contributed by atoms with Crippen molar-refractivity contribution in [3.8, 4) is 0 Å². The van der Waals surface area contributed by atoms with Crippen LogP contribution in [0.25, 0.3) is 0 Å². The predicted octanol–water partition coefficient (Wildman–Crippen LogP) is -0.446. The van der Waals surface area contributed by atoms with Gasteiger partial charge in [-0.2, -0.15) is 0 Å². The van der Waals surface area contributed by atoms with Gasteiger partial charge in [-0.25, -0.2) is 0 Å². The van der Waals surface area contributed by atoms with Crippen molar-refractivity contribution < 1.29 is 34.7 Å². The zero-order valence-corrected chi connectivity index (χ0v) is 13.5. The molecule has 7 heteroatoms. The Labute approximate surface area is 126 Å². The average molecular weight is 310 g/mol. The van der Waals surface area contributed by atoms with E-state index < -0.39 is 16.8 Å². The fourth-order valence-electron chi connectivity index (χ4n) is 0.798. The van der Waals surface area contributed by atoms with E-state index in [9.17, 15) is 4.79 Å². The van der Waals surface area contributed by atoms with E-state index in [1.54, 1.807) is 27.7 Å². The molecule has 0 bridgehead atoms. The van der Waals surface area contributed by atoms with E-state index in [2.05, 4.69) is 4.74 Å². The van der Waals surface area contributed by atoms with Crippen LogP contribution in [0.2, 0.25) is 0 Å². The standard InChI is InChI=1S/C10H20O4.C4H10O3/c1-9(2,5-11)7-14-8(13)10(3,4)6-12;5-1-3-7-4-2-6/h11-12H,5-7H2,1-4H3;5-6H,1-4H2. The minimum atomic E-state index is -0.870. The fraction of sp³-hybridized carbons (Fsp3) is 0.929. The molecular weight excluding hydrogens is 280 g/mol. The van der Waals surface area contributed by atoms with Gasteiger partial charge in [0.25, 0.3) is 0 Å². The van der Waals surface area contributed by atoms with Crippen molar-refractivity contribution in [1.29, 1.82) is 0 Å². The summed E-state index contributed by atoms with van der Waals surface area (Å²) >= 11 is 0. The van der Waals surface area contributed by atoms with Crippen LogP contribution in [-0.4, -0.2) is 72.6 Å². The smallest absolute Gasteiger partial charge is 0.313 e. The minimum Gasteiger partial charge on any atom is -0.465 e. The van der Waals surface area contributed by atoms with Gasteiger partial charge in [0.15, 0.2) is 0 Å². The quantitative estimate of drug-likeness (QED) is 0.337. The van der Waals surface area contributed by atoms with E-state index in [1.165, 1.54) is 0 Å². The van der Waals surface area contributed by atoms with Gasteiger partial charge in [0.1, 0.15) is 0 Å². The summed E-state index contributed by atoms with van der Waals surface area (Å²) in [6, 6.07) is 0. The second kappa shape index (κ2) is 11.9. The maximum atomic E-state index is 11.4. The van der Waals surface area contributed by atoms with Crippen molar-refractivity contribution in [2.24, 2.45) is 10.8 Å². The molecule has 0 atom stereocenters. The summed E-state index contributed by atoms with van der Waals surface area (Å²) in [5.41, 5.74) is -1.30. The summed E-state index contributed by atoms with van der Waals surface area (Å²) in [5, 5.41) is 34.0. The molecule has 0 spiro atoms. The van der Waals surface area contributed by atoms with Crippen molar-refractivity contribution in [2.45, 2.75) is 27.7 Å². The van der Waals surface area contributed by atoms with Gasteiger partial charge < -0.3 is 29.9 Å². The molecule has 0 aromatic rings. The highest BCUT2D eigenvalue weighted by atomic mass is 16.5. The summed E-state index contributed by atoms with van der Waals surface area (Å²) in [4.78, 5) is 11.4. The number of aliphatic hydroxyl groups is 4. The number of esters is 1. The number of aliphatic hydroxyl groups excluding tert-OH is 4. The molecule has 0 heterocycles. The van der Waals surface area contributed by atoms with Gasteiger partial charge in [0.2, 0.25) is 0 Å². The van der Waals surface area contributed by atoms with Crippen LogP contribution < -0.4 is 0 Å². The molecule has 0 fully saturated rings. The molecule has 4 N–H and O–H groups in total. The van der Waals surface area contributed by atoms with Crippen molar-refractivity contribution in [3.05, 3.63) is 0 Å². The molecule has 0 aromatic carbocycles. The van der Waals surface area contributed by atoms with Crippen LogP contribution >= 0.6 is 0 Å². The Morgan fingerprint density at radius 2 is 1.38 bits per heavy atom. The first-order valence-electron chi connectivity index (χ1n) is 6.85. The second-order valence-electron chi connectivity index (χ2n) is 6.00. The monoisotopic (exact) mass is 310 g/mol. The third kappa shape index (κ3) is 12.7. The zero-order chi connectivity index (χ0) is 16.9. The third-order valence-electron chi connectivity index (χ3n) is 2.44. The Morgan fingerprint density at radius 3 is 1.71 bits per heavy atom. The van der Waals surface area contributed by atoms with Gasteiger partial charge in [-0.1, -0.05) is 13.8 Å². The van der Waals surface area contributed by atoms with Crippen LogP contribution in [0.1, 0.15) is 27.7 Å². The Kier molecular flexibility index (Phi) is 12.8. The van der Waals surface area contributed by atoms with Crippen molar-refractivity contribution in [2.75, 3.05) is 46.2 Å². The molecule has 0 saturated carbocycles. The molecule has 7 nitrogen and oxygen atoms in total. The van der Waals surface area contributed by atoms with Gasteiger partial charge in [-0.15, -0.1) is 0 Å². The highest BCUT2D eigenvalue weighted by Crippen LogP contribution is 2.19. The van der Waals surface area contributed by atoms with Gasteiger partial charge in [0.05, 0.1) is 51.7 Å². The molecule has 0 aromatic heterocycles. The summed E-state index contributed by atoms with van der Waals surface area (Å²) in [6.45, 7) is 7.39. The lowest BCUT2D eigenvalue weighted by Crippen LogP contribution is -2.34. The third-order valence-corrected chi connectivity index (χ3v) is 2.44. The van der Waals surface area contributed by atoms with E-state index in [0.29, 0.717) is 13.2 Å². The number of carbonyl (C=O) groups is 1. The average Bonchev–Trinajstić information content (AvgIpc) is 2.46. The molecule has 0 aliphatic rings. The molecule has 128 valence electrons. The minimum absolute atomic E-state index is 0.0278. The number of hydrogen-bond donors (Lipinski definition) is 4. The maximum Gasteiger partial charge on any atom is 0.313 e. The Balaban J connectivity index is 0. The van der Waals surface area contributed by atoms with Crippen molar-refractivity contribution >= 4 is 5.97 Å². The van der Waals surface area contributed by atoms with E-state index in [4.69, 9.17) is 25.2 Å². The summed E-state index contributed by atoms with van der Waals surface area (Å²) in [7, 11) is 0. The predicted molar refractivity (Wildman–Crippen MR) is 77.7 cm³/mol. The largest absolute Gasteiger partial charge is 0.465 e. The fourth-order valence-corrected chi connectivity index (χ4v) is 0.798. The van der Waals surface area contributed by atoms with Crippen LogP contribution in [0.5, 0.6) is 0 Å². The lowest BCUT2D eigenvalue weighted by molar-refractivity contribution is -0.159. The molecule has 0 unspecified atom stereocenters. The highest BCUT2D eigenvalue weighted by molar-refractivity contribution is 5.76. The molecule has 0 aliphatic heterocycles. The lowest BCUT2D eigenvalue weighted by Gasteiger charge is -2.25. The number of rotatable bonds is 9. The first-order valence-corrected chi connectivity index (χ1v) is 6.85. The molecule has 0 saturated heterocycles. The normalized spacial score (nSPS) is 11.6. The first-order chi connectivity index (χ1) is 9.66. The summed E-state index contributed by atoms with van der Waals surface area (Å²) in [6.07, 6.45) is 0. The maximum absolute atomic E-state index is 11.4. The molecule has 0 radical (unpaired) electrons. The molecule has 21 heavy (non-hydrogen) atoms. The van der Waals surface area contributed by atoms with Gasteiger partial charge in [0, 0.05) is 5.41 Å². The second-order valence-corrected chi connectivity index (χ2v) is 6.00. The zero-order valence-electron chi connectivity index (χ0n) is 13.5. The van der Waals surface area contributed by atoms with Crippen molar-refractivity contribution in [1.82, 2.24) is 0 Å². The van der Waals surface area contributed by atoms with E-state index in [-0.39, 0.29) is 33.0 Å². The van der Waals surface area contributed by atoms with Crippen LogP contribution in [0.4, 0.5) is 0 Å². The van der Waals surface area contributed by atoms with Crippen LogP contribution in [0.3, 0.4) is 0 Å². The number of ether oxygens (including phenoxy) is 2. The molecule has 0 rings (SSSR count). The lowest BCUT2D eigenvalue weighted by atomic mass is 9.94.